The highest BCUT2D eigenvalue weighted by molar-refractivity contribution is 5.75. The SMILES string of the molecule is CCCCCC(C)CCCC(=O)N(C)CC. The molecular weight excluding hydrogens is 198 g/mol. The van der Waals surface area contributed by atoms with Crippen LogP contribution in [0.2, 0.25) is 0 Å². The fourth-order valence-electron chi connectivity index (χ4n) is 1.86. The standard InChI is InChI=1S/C14H29NO/c1-5-7-8-10-13(3)11-9-12-14(16)15(4)6-2/h13H,5-12H2,1-4H3. The Kier molecular flexibility index (Phi) is 9.36. The Balaban J connectivity index is 3.46. The van der Waals surface area contributed by atoms with E-state index in [9.17, 15) is 4.79 Å². The summed E-state index contributed by atoms with van der Waals surface area (Å²) in [5.41, 5.74) is 0. The lowest BCUT2D eigenvalue weighted by Crippen LogP contribution is -2.25. The van der Waals surface area contributed by atoms with Gasteiger partial charge >= 0.3 is 0 Å². The molecule has 0 aromatic rings. The maximum Gasteiger partial charge on any atom is 0.222 e. The van der Waals surface area contributed by atoms with Gasteiger partial charge in [-0.05, 0) is 19.3 Å². The summed E-state index contributed by atoms with van der Waals surface area (Å²) in [7, 11) is 1.88. The minimum Gasteiger partial charge on any atom is -0.346 e. The first kappa shape index (κ1) is 15.5. The second-order valence-electron chi connectivity index (χ2n) is 4.90. The van der Waals surface area contributed by atoms with Crippen LogP contribution < -0.4 is 0 Å². The summed E-state index contributed by atoms with van der Waals surface area (Å²) in [5.74, 6) is 1.08. The number of hydrogen-bond acceptors (Lipinski definition) is 1. The van der Waals surface area contributed by atoms with Crippen LogP contribution in [-0.2, 0) is 4.79 Å². The van der Waals surface area contributed by atoms with Gasteiger partial charge in [-0.25, -0.2) is 0 Å². The van der Waals surface area contributed by atoms with Gasteiger partial charge in [-0.3, -0.25) is 4.79 Å². The molecule has 0 N–H and O–H groups in total. The van der Waals surface area contributed by atoms with Gasteiger partial charge in [-0.1, -0.05) is 46.0 Å². The molecule has 0 saturated carbocycles. The summed E-state index contributed by atoms with van der Waals surface area (Å²) in [6.45, 7) is 7.39. The molecular formula is C14H29NO. The number of amides is 1. The van der Waals surface area contributed by atoms with Crippen LogP contribution in [0, 0.1) is 5.92 Å². The number of carbonyl (C=O) groups is 1. The molecule has 0 aliphatic carbocycles. The summed E-state index contributed by atoms with van der Waals surface area (Å²) in [5, 5.41) is 0. The van der Waals surface area contributed by atoms with E-state index in [1.54, 1.807) is 0 Å². The van der Waals surface area contributed by atoms with E-state index in [1.165, 1.54) is 32.1 Å². The third-order valence-corrected chi connectivity index (χ3v) is 3.29. The highest BCUT2D eigenvalue weighted by Gasteiger charge is 2.07. The summed E-state index contributed by atoms with van der Waals surface area (Å²) in [4.78, 5) is 13.3. The van der Waals surface area contributed by atoms with Gasteiger partial charge in [0.15, 0.2) is 0 Å². The molecule has 0 aliphatic heterocycles. The van der Waals surface area contributed by atoms with Crippen LogP contribution in [0.25, 0.3) is 0 Å². The molecule has 1 amide bonds. The normalized spacial score (nSPS) is 12.5. The van der Waals surface area contributed by atoms with E-state index < -0.39 is 0 Å². The molecule has 2 heteroatoms. The van der Waals surface area contributed by atoms with Gasteiger partial charge in [0.25, 0.3) is 0 Å². The molecule has 0 saturated heterocycles. The van der Waals surface area contributed by atoms with Crippen LogP contribution >= 0.6 is 0 Å². The van der Waals surface area contributed by atoms with Crippen LogP contribution in [0.4, 0.5) is 0 Å². The van der Waals surface area contributed by atoms with Crippen molar-refractivity contribution in [1.29, 1.82) is 0 Å². The molecule has 0 aliphatic rings. The monoisotopic (exact) mass is 227 g/mol. The Morgan fingerprint density at radius 2 is 1.75 bits per heavy atom. The van der Waals surface area contributed by atoms with Gasteiger partial charge in [-0.15, -0.1) is 0 Å². The zero-order valence-corrected chi connectivity index (χ0v) is 11.6. The molecule has 0 aromatic carbocycles. The molecule has 2 nitrogen and oxygen atoms in total. The van der Waals surface area contributed by atoms with E-state index in [1.807, 2.05) is 18.9 Å². The third-order valence-electron chi connectivity index (χ3n) is 3.29. The second kappa shape index (κ2) is 9.68. The van der Waals surface area contributed by atoms with E-state index in [0.29, 0.717) is 5.91 Å². The second-order valence-corrected chi connectivity index (χ2v) is 4.90. The van der Waals surface area contributed by atoms with E-state index in [2.05, 4.69) is 13.8 Å². The van der Waals surface area contributed by atoms with E-state index in [-0.39, 0.29) is 0 Å². The van der Waals surface area contributed by atoms with Crippen molar-refractivity contribution in [3.8, 4) is 0 Å². The maximum atomic E-state index is 11.5. The van der Waals surface area contributed by atoms with Gasteiger partial charge in [0.05, 0.1) is 0 Å². The van der Waals surface area contributed by atoms with Crippen molar-refractivity contribution in [3.05, 3.63) is 0 Å². The number of rotatable bonds is 9. The van der Waals surface area contributed by atoms with Crippen molar-refractivity contribution in [2.75, 3.05) is 13.6 Å². The summed E-state index contributed by atoms with van der Waals surface area (Å²) in [6, 6.07) is 0. The molecule has 0 rings (SSSR count). The Hall–Kier alpha value is -0.530. The summed E-state index contributed by atoms with van der Waals surface area (Å²) >= 11 is 0. The average molecular weight is 227 g/mol. The quantitative estimate of drug-likeness (QED) is 0.548. The molecule has 0 radical (unpaired) electrons. The van der Waals surface area contributed by atoms with Gasteiger partial charge in [0.1, 0.15) is 0 Å². The van der Waals surface area contributed by atoms with Crippen LogP contribution in [0.5, 0.6) is 0 Å². The molecule has 0 aromatic heterocycles. The van der Waals surface area contributed by atoms with Crippen LogP contribution in [0.1, 0.15) is 65.7 Å². The van der Waals surface area contributed by atoms with Gasteiger partial charge in [-0.2, -0.15) is 0 Å². The van der Waals surface area contributed by atoms with E-state index >= 15 is 0 Å². The number of unbranched alkanes of at least 4 members (excludes halogenated alkanes) is 2. The molecule has 0 fully saturated rings. The molecule has 0 spiro atoms. The van der Waals surface area contributed by atoms with Gasteiger partial charge < -0.3 is 4.90 Å². The lowest BCUT2D eigenvalue weighted by Gasteiger charge is -2.15. The summed E-state index contributed by atoms with van der Waals surface area (Å²) in [6.07, 6.45) is 8.30. The maximum absolute atomic E-state index is 11.5. The zero-order chi connectivity index (χ0) is 12.4. The topological polar surface area (TPSA) is 20.3 Å². The lowest BCUT2D eigenvalue weighted by atomic mass is 9.97. The first-order valence-corrected chi connectivity index (χ1v) is 6.85. The molecule has 96 valence electrons. The van der Waals surface area contributed by atoms with E-state index in [0.717, 1.165) is 25.3 Å². The molecule has 1 unspecified atom stereocenters. The minimum atomic E-state index is 0.295. The Morgan fingerprint density at radius 3 is 2.31 bits per heavy atom. The van der Waals surface area contributed by atoms with Gasteiger partial charge in [0.2, 0.25) is 5.91 Å². The molecule has 16 heavy (non-hydrogen) atoms. The minimum absolute atomic E-state index is 0.295. The van der Waals surface area contributed by atoms with Crippen LogP contribution in [0.3, 0.4) is 0 Å². The van der Waals surface area contributed by atoms with E-state index in [4.69, 9.17) is 0 Å². The van der Waals surface area contributed by atoms with Crippen molar-refractivity contribution in [2.45, 2.75) is 65.7 Å². The smallest absolute Gasteiger partial charge is 0.222 e. The third kappa shape index (κ3) is 7.72. The predicted molar refractivity (Wildman–Crippen MR) is 70.5 cm³/mol. The fraction of sp³-hybridized carbons (Fsp3) is 0.929. The Bertz CT molecular complexity index is 180. The average Bonchev–Trinajstić information content (AvgIpc) is 2.28. The van der Waals surface area contributed by atoms with Crippen molar-refractivity contribution in [1.82, 2.24) is 4.90 Å². The summed E-state index contributed by atoms with van der Waals surface area (Å²) < 4.78 is 0. The lowest BCUT2D eigenvalue weighted by molar-refractivity contribution is -0.129. The highest BCUT2D eigenvalue weighted by Crippen LogP contribution is 2.16. The van der Waals surface area contributed by atoms with Crippen molar-refractivity contribution >= 4 is 5.91 Å². The first-order chi connectivity index (χ1) is 7.61. The molecule has 0 heterocycles. The molecule has 1 atom stereocenters. The van der Waals surface area contributed by atoms with Gasteiger partial charge in [0, 0.05) is 20.0 Å². The fourth-order valence-corrected chi connectivity index (χ4v) is 1.86. The van der Waals surface area contributed by atoms with Crippen molar-refractivity contribution in [2.24, 2.45) is 5.92 Å². The zero-order valence-electron chi connectivity index (χ0n) is 11.6. The largest absolute Gasteiger partial charge is 0.346 e. The Morgan fingerprint density at radius 1 is 1.12 bits per heavy atom. The number of hydrogen-bond donors (Lipinski definition) is 0. The predicted octanol–water partition coefficient (Wildman–Crippen LogP) is 3.85. The highest BCUT2D eigenvalue weighted by atomic mass is 16.2. The first-order valence-electron chi connectivity index (χ1n) is 6.85. The molecule has 0 bridgehead atoms. The number of carbonyl (C=O) groups excluding carboxylic acids is 1. The van der Waals surface area contributed by atoms with Crippen molar-refractivity contribution < 1.29 is 4.79 Å². The Labute approximate surface area is 101 Å². The van der Waals surface area contributed by atoms with Crippen molar-refractivity contribution in [3.63, 3.8) is 0 Å². The van der Waals surface area contributed by atoms with Crippen LogP contribution in [0.15, 0.2) is 0 Å². The number of nitrogens with zero attached hydrogens (tertiary/aromatic N) is 1. The van der Waals surface area contributed by atoms with Crippen LogP contribution in [-0.4, -0.2) is 24.4 Å².